The molecule has 5 heteroatoms. The molecule has 5 nitrogen and oxygen atoms in total. The van der Waals surface area contributed by atoms with Crippen molar-refractivity contribution in [2.24, 2.45) is 0 Å². The number of carbonyl (C=O) groups excluding carboxylic acids is 2. The van der Waals surface area contributed by atoms with E-state index in [9.17, 15) is 14.7 Å². The van der Waals surface area contributed by atoms with Gasteiger partial charge in [0.1, 0.15) is 11.5 Å². The average Bonchev–Trinajstić information content (AvgIpc) is 3.09. The van der Waals surface area contributed by atoms with Gasteiger partial charge in [0.15, 0.2) is 0 Å². The van der Waals surface area contributed by atoms with E-state index in [1.165, 1.54) is 4.90 Å². The lowest BCUT2D eigenvalue weighted by molar-refractivity contribution is -0.132. The van der Waals surface area contributed by atoms with E-state index in [2.05, 4.69) is 13.8 Å². The van der Waals surface area contributed by atoms with Crippen molar-refractivity contribution < 1.29 is 19.4 Å². The van der Waals surface area contributed by atoms with Gasteiger partial charge in [-0.25, -0.2) is 0 Å². The number of ketones is 1. The first-order valence-corrected chi connectivity index (χ1v) is 11.9. The molecule has 35 heavy (non-hydrogen) atoms. The number of hydrogen-bond acceptors (Lipinski definition) is 4. The molecule has 1 fully saturated rings. The first kappa shape index (κ1) is 24.3. The van der Waals surface area contributed by atoms with Gasteiger partial charge in [-0.1, -0.05) is 67.9 Å². The fourth-order valence-corrected chi connectivity index (χ4v) is 4.30. The van der Waals surface area contributed by atoms with E-state index < -0.39 is 17.7 Å². The topological polar surface area (TPSA) is 66.8 Å². The molecule has 1 atom stereocenters. The zero-order valence-electron chi connectivity index (χ0n) is 20.8. The summed E-state index contributed by atoms with van der Waals surface area (Å²) in [6.07, 6.45) is 0.0208. The van der Waals surface area contributed by atoms with E-state index in [1.54, 1.807) is 12.1 Å². The van der Waals surface area contributed by atoms with Gasteiger partial charge in [0.05, 0.1) is 17.7 Å². The summed E-state index contributed by atoms with van der Waals surface area (Å²) < 4.78 is 5.77. The number of hydrogen-bond donors (Lipinski definition) is 1. The van der Waals surface area contributed by atoms with E-state index in [-0.39, 0.29) is 17.4 Å². The molecule has 1 N–H and O–H groups in total. The number of ether oxygens (including phenoxy) is 1. The monoisotopic (exact) mass is 469 g/mol. The van der Waals surface area contributed by atoms with Crippen LogP contribution in [0.2, 0.25) is 0 Å². The third kappa shape index (κ3) is 4.85. The molecule has 1 heterocycles. The second-order valence-electron chi connectivity index (χ2n) is 9.52. The predicted octanol–water partition coefficient (Wildman–Crippen LogP) is 6.53. The third-order valence-electron chi connectivity index (χ3n) is 6.17. The minimum absolute atomic E-state index is 0.0208. The highest BCUT2D eigenvalue weighted by Crippen LogP contribution is 2.42. The lowest BCUT2D eigenvalue weighted by Gasteiger charge is -2.26. The first-order valence-electron chi connectivity index (χ1n) is 11.9. The molecular formula is C30H31NO4. The summed E-state index contributed by atoms with van der Waals surface area (Å²) >= 11 is 0. The Hall–Kier alpha value is -3.86. The molecule has 1 amide bonds. The summed E-state index contributed by atoms with van der Waals surface area (Å²) in [6.45, 7) is 10.0. The Kier molecular flexibility index (Phi) is 6.79. The maximum Gasteiger partial charge on any atom is 0.300 e. The van der Waals surface area contributed by atoms with E-state index in [0.717, 1.165) is 11.1 Å². The normalized spacial score (nSPS) is 17.5. The Labute approximate surface area is 206 Å². The van der Waals surface area contributed by atoms with Gasteiger partial charge in [0.2, 0.25) is 0 Å². The molecule has 0 aliphatic carbocycles. The molecule has 1 saturated heterocycles. The van der Waals surface area contributed by atoms with Gasteiger partial charge in [0, 0.05) is 11.3 Å². The number of amides is 1. The number of anilines is 1. The average molecular weight is 470 g/mol. The Morgan fingerprint density at radius 3 is 2.00 bits per heavy atom. The van der Waals surface area contributed by atoms with E-state index in [4.69, 9.17) is 4.74 Å². The number of aryl methyl sites for hydroxylation is 1. The Bertz CT molecular complexity index is 1250. The van der Waals surface area contributed by atoms with Crippen LogP contribution in [0, 0.1) is 6.92 Å². The SMILES string of the molecule is Cc1ccc(/C(O)=C2\C(=O)C(=O)N(c3ccc(C(C)C)cc3)C2c2ccc(OC(C)C)cc2)cc1. The maximum atomic E-state index is 13.3. The minimum atomic E-state index is -0.769. The number of aliphatic hydroxyl groups is 1. The summed E-state index contributed by atoms with van der Waals surface area (Å²) in [5.74, 6) is -0.519. The Morgan fingerprint density at radius 2 is 1.46 bits per heavy atom. The van der Waals surface area contributed by atoms with Crippen molar-refractivity contribution in [2.45, 2.75) is 52.7 Å². The largest absolute Gasteiger partial charge is 0.507 e. The van der Waals surface area contributed by atoms with Crippen LogP contribution in [0.4, 0.5) is 5.69 Å². The highest BCUT2D eigenvalue weighted by molar-refractivity contribution is 6.51. The van der Waals surface area contributed by atoms with Crippen LogP contribution in [-0.2, 0) is 9.59 Å². The third-order valence-corrected chi connectivity index (χ3v) is 6.17. The van der Waals surface area contributed by atoms with Gasteiger partial charge in [-0.3, -0.25) is 14.5 Å². The molecular weight excluding hydrogens is 438 g/mol. The van der Waals surface area contributed by atoms with Crippen molar-refractivity contribution in [3.05, 3.63) is 101 Å². The van der Waals surface area contributed by atoms with E-state index in [1.807, 2.05) is 81.4 Å². The van der Waals surface area contributed by atoms with E-state index in [0.29, 0.717) is 28.5 Å². The summed E-state index contributed by atoms with van der Waals surface area (Å²) in [5.41, 5.74) is 4.05. The van der Waals surface area contributed by atoms with Crippen LogP contribution in [0.25, 0.3) is 5.76 Å². The Balaban J connectivity index is 1.86. The molecule has 0 aromatic heterocycles. The highest BCUT2D eigenvalue weighted by atomic mass is 16.5. The highest BCUT2D eigenvalue weighted by Gasteiger charge is 2.47. The fourth-order valence-electron chi connectivity index (χ4n) is 4.30. The maximum absolute atomic E-state index is 13.3. The van der Waals surface area contributed by atoms with Crippen LogP contribution in [-0.4, -0.2) is 22.9 Å². The van der Waals surface area contributed by atoms with Crippen LogP contribution in [0.15, 0.2) is 78.4 Å². The van der Waals surface area contributed by atoms with Crippen molar-refractivity contribution in [3.63, 3.8) is 0 Å². The van der Waals surface area contributed by atoms with Crippen molar-refractivity contribution in [1.82, 2.24) is 0 Å². The number of aliphatic hydroxyl groups excluding tert-OH is 1. The van der Waals surface area contributed by atoms with Gasteiger partial charge >= 0.3 is 0 Å². The van der Waals surface area contributed by atoms with Crippen molar-refractivity contribution in [1.29, 1.82) is 0 Å². The van der Waals surface area contributed by atoms with Crippen molar-refractivity contribution >= 4 is 23.1 Å². The van der Waals surface area contributed by atoms with Gasteiger partial charge in [0.25, 0.3) is 11.7 Å². The quantitative estimate of drug-likeness (QED) is 0.253. The minimum Gasteiger partial charge on any atom is -0.507 e. The number of nitrogens with zero attached hydrogens (tertiary/aromatic N) is 1. The van der Waals surface area contributed by atoms with Crippen molar-refractivity contribution in [2.75, 3.05) is 4.90 Å². The molecule has 3 aromatic carbocycles. The number of Topliss-reactive ketones (excluding diaryl/α,β-unsaturated/α-hetero) is 1. The molecule has 1 aliphatic heterocycles. The molecule has 4 rings (SSSR count). The van der Waals surface area contributed by atoms with Gasteiger partial charge < -0.3 is 9.84 Å². The number of carbonyl (C=O) groups is 2. The Morgan fingerprint density at radius 1 is 0.857 bits per heavy atom. The molecule has 0 radical (unpaired) electrons. The second kappa shape index (κ2) is 9.79. The zero-order chi connectivity index (χ0) is 25.3. The van der Waals surface area contributed by atoms with Gasteiger partial charge in [-0.2, -0.15) is 0 Å². The summed E-state index contributed by atoms with van der Waals surface area (Å²) in [6, 6.07) is 21.4. The second-order valence-corrected chi connectivity index (χ2v) is 9.52. The molecule has 0 spiro atoms. The van der Waals surface area contributed by atoms with E-state index >= 15 is 0 Å². The fraction of sp³-hybridized carbons (Fsp3) is 0.267. The molecule has 3 aromatic rings. The summed E-state index contributed by atoms with van der Waals surface area (Å²) in [4.78, 5) is 28.1. The van der Waals surface area contributed by atoms with Crippen LogP contribution in [0.5, 0.6) is 5.75 Å². The van der Waals surface area contributed by atoms with Gasteiger partial charge in [-0.15, -0.1) is 0 Å². The number of benzene rings is 3. The number of rotatable bonds is 6. The standard InChI is InChI=1S/C30H31NO4/c1-18(2)21-10-14-24(15-11-21)31-27(22-12-16-25(17-13-22)35-19(3)4)26(29(33)30(31)34)28(32)23-8-6-20(5)7-9-23/h6-19,27,32H,1-5H3/b28-26+. The molecule has 0 saturated carbocycles. The first-order chi connectivity index (χ1) is 16.7. The van der Waals surface area contributed by atoms with Crippen LogP contribution in [0.1, 0.15) is 61.9 Å². The summed E-state index contributed by atoms with van der Waals surface area (Å²) in [5, 5.41) is 11.2. The lowest BCUT2D eigenvalue weighted by Crippen LogP contribution is -2.29. The molecule has 1 unspecified atom stereocenters. The molecule has 180 valence electrons. The van der Waals surface area contributed by atoms with Crippen LogP contribution in [0.3, 0.4) is 0 Å². The lowest BCUT2D eigenvalue weighted by atomic mass is 9.94. The molecule has 0 bridgehead atoms. The predicted molar refractivity (Wildman–Crippen MR) is 139 cm³/mol. The van der Waals surface area contributed by atoms with Gasteiger partial charge in [-0.05, 0) is 62.1 Å². The zero-order valence-corrected chi connectivity index (χ0v) is 20.8. The smallest absolute Gasteiger partial charge is 0.300 e. The summed E-state index contributed by atoms with van der Waals surface area (Å²) in [7, 11) is 0. The van der Waals surface area contributed by atoms with Crippen LogP contribution < -0.4 is 9.64 Å². The van der Waals surface area contributed by atoms with Crippen molar-refractivity contribution in [3.8, 4) is 5.75 Å². The van der Waals surface area contributed by atoms with Crippen LogP contribution >= 0.6 is 0 Å². The molecule has 1 aliphatic rings.